The van der Waals surface area contributed by atoms with Crippen LogP contribution in [-0.2, 0) is 0 Å². The first-order valence-electron chi connectivity index (χ1n) is 5.57. The molecule has 0 spiro atoms. The molecule has 0 radical (unpaired) electrons. The summed E-state index contributed by atoms with van der Waals surface area (Å²) < 4.78 is 13.3. The summed E-state index contributed by atoms with van der Waals surface area (Å²) in [5, 5.41) is 12.1. The molecule has 0 heterocycles. The van der Waals surface area contributed by atoms with Gasteiger partial charge in [0, 0.05) is 6.54 Å². The standard InChI is InChI=1S/C13H15FN2/c1-13(6-3-7-13)9-16-12-5-2-4-11(14)10(12)8-15/h2,4-5,16H,3,6-7,9H2,1H3. The molecule has 2 rings (SSSR count). The number of nitriles is 1. The summed E-state index contributed by atoms with van der Waals surface area (Å²) in [6.45, 7) is 3.03. The van der Waals surface area contributed by atoms with E-state index < -0.39 is 5.82 Å². The quantitative estimate of drug-likeness (QED) is 0.844. The van der Waals surface area contributed by atoms with Crippen molar-refractivity contribution in [1.29, 1.82) is 5.26 Å². The van der Waals surface area contributed by atoms with E-state index >= 15 is 0 Å². The van der Waals surface area contributed by atoms with Crippen molar-refractivity contribution in [2.45, 2.75) is 26.2 Å². The zero-order valence-corrected chi connectivity index (χ0v) is 9.39. The third-order valence-electron chi connectivity index (χ3n) is 3.39. The fraction of sp³-hybridized carbons (Fsp3) is 0.462. The Labute approximate surface area is 95.1 Å². The topological polar surface area (TPSA) is 35.8 Å². The minimum atomic E-state index is -0.453. The Morgan fingerprint density at radius 3 is 2.81 bits per heavy atom. The van der Waals surface area contributed by atoms with Gasteiger partial charge in [-0.05, 0) is 30.4 Å². The van der Waals surface area contributed by atoms with Crippen molar-refractivity contribution in [3.05, 3.63) is 29.6 Å². The van der Waals surface area contributed by atoms with Crippen LogP contribution in [0, 0.1) is 22.6 Å². The zero-order valence-electron chi connectivity index (χ0n) is 9.39. The van der Waals surface area contributed by atoms with Crippen LogP contribution in [-0.4, -0.2) is 6.54 Å². The smallest absolute Gasteiger partial charge is 0.143 e. The van der Waals surface area contributed by atoms with Gasteiger partial charge in [0.2, 0.25) is 0 Å². The molecule has 2 nitrogen and oxygen atoms in total. The molecule has 0 unspecified atom stereocenters. The molecule has 1 saturated carbocycles. The van der Waals surface area contributed by atoms with Gasteiger partial charge in [-0.15, -0.1) is 0 Å². The van der Waals surface area contributed by atoms with Gasteiger partial charge in [-0.2, -0.15) is 5.26 Å². The van der Waals surface area contributed by atoms with E-state index in [0.717, 1.165) is 6.54 Å². The van der Waals surface area contributed by atoms with Crippen LogP contribution in [0.1, 0.15) is 31.7 Å². The van der Waals surface area contributed by atoms with Gasteiger partial charge < -0.3 is 5.32 Å². The van der Waals surface area contributed by atoms with E-state index in [-0.39, 0.29) is 5.56 Å². The number of nitrogens with zero attached hydrogens (tertiary/aromatic N) is 1. The van der Waals surface area contributed by atoms with Gasteiger partial charge in [-0.3, -0.25) is 0 Å². The summed E-state index contributed by atoms with van der Waals surface area (Å²) in [6.07, 6.45) is 3.68. The Morgan fingerprint density at radius 2 is 2.25 bits per heavy atom. The Balaban J connectivity index is 2.10. The molecule has 1 aliphatic carbocycles. The lowest BCUT2D eigenvalue weighted by Crippen LogP contribution is -2.33. The number of nitrogens with one attached hydrogen (secondary N) is 1. The molecule has 0 aromatic heterocycles. The highest BCUT2D eigenvalue weighted by atomic mass is 19.1. The average Bonchev–Trinajstić information content (AvgIpc) is 2.24. The van der Waals surface area contributed by atoms with Crippen molar-refractivity contribution >= 4 is 5.69 Å². The van der Waals surface area contributed by atoms with Gasteiger partial charge in [0.05, 0.1) is 5.69 Å². The van der Waals surface area contributed by atoms with Crippen LogP contribution in [0.4, 0.5) is 10.1 Å². The normalized spacial score (nSPS) is 17.3. The van der Waals surface area contributed by atoms with Crippen LogP contribution in [0.3, 0.4) is 0 Å². The van der Waals surface area contributed by atoms with E-state index in [9.17, 15) is 4.39 Å². The molecule has 1 aromatic carbocycles. The Hall–Kier alpha value is -1.56. The molecule has 1 fully saturated rings. The first kappa shape index (κ1) is 10.9. The van der Waals surface area contributed by atoms with Crippen molar-refractivity contribution in [2.75, 3.05) is 11.9 Å². The number of halogens is 1. The lowest BCUT2D eigenvalue weighted by Gasteiger charge is -2.38. The molecular weight excluding hydrogens is 203 g/mol. The lowest BCUT2D eigenvalue weighted by molar-refractivity contribution is 0.180. The predicted octanol–water partition coefficient (Wildman–Crippen LogP) is 3.30. The molecular formula is C13H15FN2. The fourth-order valence-electron chi connectivity index (χ4n) is 2.05. The number of anilines is 1. The maximum absolute atomic E-state index is 13.3. The summed E-state index contributed by atoms with van der Waals surface area (Å²) in [6, 6.07) is 6.59. The van der Waals surface area contributed by atoms with Crippen molar-refractivity contribution in [2.24, 2.45) is 5.41 Å². The molecule has 16 heavy (non-hydrogen) atoms. The van der Waals surface area contributed by atoms with Crippen LogP contribution in [0.15, 0.2) is 18.2 Å². The molecule has 1 aliphatic rings. The van der Waals surface area contributed by atoms with E-state index in [2.05, 4.69) is 12.2 Å². The van der Waals surface area contributed by atoms with Gasteiger partial charge in [0.25, 0.3) is 0 Å². The first-order chi connectivity index (χ1) is 7.64. The van der Waals surface area contributed by atoms with Crippen LogP contribution >= 0.6 is 0 Å². The summed E-state index contributed by atoms with van der Waals surface area (Å²) in [7, 11) is 0. The van der Waals surface area contributed by atoms with Gasteiger partial charge >= 0.3 is 0 Å². The minimum absolute atomic E-state index is 0.116. The van der Waals surface area contributed by atoms with Crippen LogP contribution in [0.25, 0.3) is 0 Å². The van der Waals surface area contributed by atoms with Crippen LogP contribution < -0.4 is 5.32 Å². The minimum Gasteiger partial charge on any atom is -0.383 e. The number of hydrogen-bond acceptors (Lipinski definition) is 2. The summed E-state index contributed by atoms with van der Waals surface area (Å²) in [4.78, 5) is 0. The number of rotatable bonds is 3. The largest absolute Gasteiger partial charge is 0.383 e. The molecule has 0 amide bonds. The fourth-order valence-corrected chi connectivity index (χ4v) is 2.05. The predicted molar refractivity (Wildman–Crippen MR) is 61.6 cm³/mol. The SMILES string of the molecule is CC1(CNc2cccc(F)c2C#N)CCC1. The van der Waals surface area contributed by atoms with Crippen molar-refractivity contribution in [3.63, 3.8) is 0 Å². The summed E-state index contributed by atoms with van der Waals surface area (Å²) >= 11 is 0. The molecule has 0 bridgehead atoms. The average molecular weight is 218 g/mol. The molecule has 1 aromatic rings. The third kappa shape index (κ3) is 2.01. The number of benzene rings is 1. The second kappa shape index (κ2) is 4.13. The van der Waals surface area contributed by atoms with Gasteiger partial charge in [-0.1, -0.05) is 19.4 Å². The molecule has 0 atom stereocenters. The zero-order chi connectivity index (χ0) is 11.6. The monoisotopic (exact) mass is 218 g/mol. The third-order valence-corrected chi connectivity index (χ3v) is 3.39. The van der Waals surface area contributed by atoms with E-state index in [1.54, 1.807) is 12.1 Å². The van der Waals surface area contributed by atoms with E-state index in [1.807, 2.05) is 6.07 Å². The highest BCUT2D eigenvalue weighted by Gasteiger charge is 2.31. The highest BCUT2D eigenvalue weighted by Crippen LogP contribution is 2.40. The van der Waals surface area contributed by atoms with E-state index in [1.165, 1.54) is 25.3 Å². The van der Waals surface area contributed by atoms with Gasteiger partial charge in [-0.25, -0.2) is 4.39 Å². The second-order valence-corrected chi connectivity index (χ2v) is 4.79. The second-order valence-electron chi connectivity index (χ2n) is 4.79. The summed E-state index contributed by atoms with van der Waals surface area (Å²) in [5.41, 5.74) is 1.04. The van der Waals surface area contributed by atoms with E-state index in [4.69, 9.17) is 5.26 Å². The molecule has 3 heteroatoms. The van der Waals surface area contributed by atoms with Crippen LogP contribution in [0.2, 0.25) is 0 Å². The van der Waals surface area contributed by atoms with Gasteiger partial charge in [0.15, 0.2) is 0 Å². The first-order valence-corrected chi connectivity index (χ1v) is 5.57. The molecule has 0 saturated heterocycles. The Morgan fingerprint density at radius 1 is 1.50 bits per heavy atom. The highest BCUT2D eigenvalue weighted by molar-refractivity contribution is 5.58. The maximum Gasteiger partial charge on any atom is 0.143 e. The molecule has 0 aliphatic heterocycles. The lowest BCUT2D eigenvalue weighted by atomic mass is 9.70. The van der Waals surface area contributed by atoms with Crippen molar-refractivity contribution in [1.82, 2.24) is 0 Å². The Bertz CT molecular complexity index is 430. The molecule has 1 N–H and O–H groups in total. The Kier molecular flexibility index (Phi) is 2.82. The van der Waals surface area contributed by atoms with Crippen LogP contribution in [0.5, 0.6) is 0 Å². The summed E-state index contributed by atoms with van der Waals surface area (Å²) in [5.74, 6) is -0.453. The number of hydrogen-bond donors (Lipinski definition) is 1. The van der Waals surface area contributed by atoms with Gasteiger partial charge in [0.1, 0.15) is 17.4 Å². The maximum atomic E-state index is 13.3. The van der Waals surface area contributed by atoms with Crippen molar-refractivity contribution in [3.8, 4) is 6.07 Å². The van der Waals surface area contributed by atoms with Crippen molar-refractivity contribution < 1.29 is 4.39 Å². The van der Waals surface area contributed by atoms with E-state index in [0.29, 0.717) is 11.1 Å². The molecule has 84 valence electrons.